The SMILES string of the molecule is CCNC(Cc1cn(C)cn1)C(=O)O. The van der Waals surface area contributed by atoms with Gasteiger partial charge in [0.05, 0.1) is 12.0 Å². The Hall–Kier alpha value is -1.36. The van der Waals surface area contributed by atoms with Gasteiger partial charge in [0.15, 0.2) is 0 Å². The predicted molar refractivity (Wildman–Crippen MR) is 52.0 cm³/mol. The van der Waals surface area contributed by atoms with Crippen LogP contribution in [-0.4, -0.2) is 33.2 Å². The molecule has 0 aliphatic heterocycles. The Balaban J connectivity index is 2.59. The zero-order valence-corrected chi connectivity index (χ0v) is 8.40. The molecule has 14 heavy (non-hydrogen) atoms. The predicted octanol–water partition coefficient (Wildman–Crippen LogP) is 0.0253. The molecule has 2 N–H and O–H groups in total. The highest BCUT2D eigenvalue weighted by molar-refractivity contribution is 5.73. The van der Waals surface area contributed by atoms with Crippen LogP contribution >= 0.6 is 0 Å². The van der Waals surface area contributed by atoms with E-state index in [2.05, 4.69) is 10.3 Å². The standard InChI is InChI=1S/C9H15N3O2/c1-3-10-8(9(13)14)4-7-5-12(2)6-11-7/h5-6,8,10H,3-4H2,1-2H3,(H,13,14). The van der Waals surface area contributed by atoms with Crippen LogP contribution in [0.1, 0.15) is 12.6 Å². The van der Waals surface area contributed by atoms with E-state index in [0.29, 0.717) is 13.0 Å². The minimum Gasteiger partial charge on any atom is -0.480 e. The van der Waals surface area contributed by atoms with Crippen LogP contribution in [0, 0.1) is 0 Å². The van der Waals surface area contributed by atoms with E-state index in [0.717, 1.165) is 5.69 Å². The average molecular weight is 197 g/mol. The second kappa shape index (κ2) is 4.76. The summed E-state index contributed by atoms with van der Waals surface area (Å²) in [6.07, 6.45) is 3.91. The fourth-order valence-corrected chi connectivity index (χ4v) is 1.27. The first-order chi connectivity index (χ1) is 6.63. The van der Waals surface area contributed by atoms with Gasteiger partial charge in [0.1, 0.15) is 6.04 Å². The number of likely N-dealkylation sites (N-methyl/N-ethyl adjacent to an activating group) is 1. The first-order valence-electron chi connectivity index (χ1n) is 4.56. The molecule has 0 fully saturated rings. The van der Waals surface area contributed by atoms with E-state index < -0.39 is 12.0 Å². The molecule has 0 saturated carbocycles. The second-order valence-corrected chi connectivity index (χ2v) is 3.18. The highest BCUT2D eigenvalue weighted by Crippen LogP contribution is 2.00. The Bertz CT molecular complexity index is 309. The molecule has 0 spiro atoms. The van der Waals surface area contributed by atoms with Crippen LogP contribution in [0.2, 0.25) is 0 Å². The van der Waals surface area contributed by atoms with Gasteiger partial charge in [-0.1, -0.05) is 6.92 Å². The van der Waals surface area contributed by atoms with Gasteiger partial charge in [-0.25, -0.2) is 4.98 Å². The molecule has 0 amide bonds. The highest BCUT2D eigenvalue weighted by Gasteiger charge is 2.17. The molecule has 1 unspecified atom stereocenters. The fourth-order valence-electron chi connectivity index (χ4n) is 1.27. The largest absolute Gasteiger partial charge is 0.480 e. The van der Waals surface area contributed by atoms with Crippen LogP contribution < -0.4 is 5.32 Å². The molecule has 5 nitrogen and oxygen atoms in total. The summed E-state index contributed by atoms with van der Waals surface area (Å²) in [5, 5.41) is 11.8. The maximum absolute atomic E-state index is 10.8. The van der Waals surface area contributed by atoms with Crippen molar-refractivity contribution in [2.45, 2.75) is 19.4 Å². The number of hydrogen-bond acceptors (Lipinski definition) is 3. The summed E-state index contributed by atoms with van der Waals surface area (Å²) in [5.74, 6) is -0.836. The third-order valence-electron chi connectivity index (χ3n) is 1.92. The van der Waals surface area contributed by atoms with E-state index in [1.807, 2.05) is 20.2 Å². The molecule has 5 heteroatoms. The van der Waals surface area contributed by atoms with Crippen molar-refractivity contribution in [1.29, 1.82) is 0 Å². The van der Waals surface area contributed by atoms with Crippen LogP contribution in [0.5, 0.6) is 0 Å². The zero-order chi connectivity index (χ0) is 10.6. The zero-order valence-electron chi connectivity index (χ0n) is 8.40. The Morgan fingerprint density at radius 3 is 2.93 bits per heavy atom. The molecule has 0 bridgehead atoms. The van der Waals surface area contributed by atoms with Crippen molar-refractivity contribution in [3.63, 3.8) is 0 Å². The Morgan fingerprint density at radius 1 is 1.79 bits per heavy atom. The van der Waals surface area contributed by atoms with E-state index in [1.54, 1.807) is 10.9 Å². The van der Waals surface area contributed by atoms with Crippen molar-refractivity contribution in [3.05, 3.63) is 18.2 Å². The van der Waals surface area contributed by atoms with E-state index in [9.17, 15) is 4.79 Å². The summed E-state index contributed by atoms with van der Waals surface area (Å²) < 4.78 is 1.81. The monoisotopic (exact) mass is 197 g/mol. The summed E-state index contributed by atoms with van der Waals surface area (Å²) in [5.41, 5.74) is 0.792. The summed E-state index contributed by atoms with van der Waals surface area (Å²) in [7, 11) is 1.86. The van der Waals surface area contributed by atoms with Crippen LogP contribution in [-0.2, 0) is 18.3 Å². The number of carboxylic acid groups (broad SMARTS) is 1. The number of carboxylic acids is 1. The normalized spacial score (nSPS) is 12.7. The summed E-state index contributed by atoms with van der Waals surface area (Å²) >= 11 is 0. The quantitative estimate of drug-likeness (QED) is 0.698. The minimum atomic E-state index is -0.836. The molecule has 0 aliphatic carbocycles. The van der Waals surface area contributed by atoms with Gasteiger partial charge in [0.25, 0.3) is 0 Å². The third kappa shape index (κ3) is 2.85. The van der Waals surface area contributed by atoms with E-state index in [4.69, 9.17) is 5.11 Å². The van der Waals surface area contributed by atoms with Crippen molar-refractivity contribution in [3.8, 4) is 0 Å². The van der Waals surface area contributed by atoms with Gasteiger partial charge >= 0.3 is 5.97 Å². The van der Waals surface area contributed by atoms with Crippen molar-refractivity contribution in [2.75, 3.05) is 6.54 Å². The molecule has 0 saturated heterocycles. The number of aryl methyl sites for hydroxylation is 1. The van der Waals surface area contributed by atoms with Crippen LogP contribution in [0.25, 0.3) is 0 Å². The van der Waals surface area contributed by atoms with E-state index in [-0.39, 0.29) is 0 Å². The van der Waals surface area contributed by atoms with Crippen LogP contribution in [0.4, 0.5) is 0 Å². The molecular weight excluding hydrogens is 182 g/mol. The number of nitrogens with one attached hydrogen (secondary N) is 1. The Labute approximate surface area is 82.8 Å². The summed E-state index contributed by atoms with van der Waals surface area (Å²) in [6, 6.07) is -0.546. The van der Waals surface area contributed by atoms with Gasteiger partial charge < -0.3 is 15.0 Å². The lowest BCUT2D eigenvalue weighted by Gasteiger charge is -2.10. The third-order valence-corrected chi connectivity index (χ3v) is 1.92. The molecule has 78 valence electrons. The average Bonchev–Trinajstić information content (AvgIpc) is 2.50. The molecule has 1 aromatic heterocycles. The Kier molecular flexibility index (Phi) is 3.64. The maximum Gasteiger partial charge on any atom is 0.321 e. The van der Waals surface area contributed by atoms with Crippen LogP contribution in [0.15, 0.2) is 12.5 Å². The second-order valence-electron chi connectivity index (χ2n) is 3.18. The molecule has 0 aliphatic rings. The minimum absolute atomic E-state index is 0.421. The lowest BCUT2D eigenvalue weighted by molar-refractivity contribution is -0.139. The molecule has 0 aromatic carbocycles. The summed E-state index contributed by atoms with van der Waals surface area (Å²) in [4.78, 5) is 14.9. The number of nitrogens with zero attached hydrogens (tertiary/aromatic N) is 2. The molecule has 1 rings (SSSR count). The van der Waals surface area contributed by atoms with Crippen molar-refractivity contribution < 1.29 is 9.90 Å². The smallest absolute Gasteiger partial charge is 0.321 e. The first kappa shape index (κ1) is 10.7. The fraction of sp³-hybridized carbons (Fsp3) is 0.556. The van der Waals surface area contributed by atoms with Crippen LogP contribution in [0.3, 0.4) is 0 Å². The van der Waals surface area contributed by atoms with Crippen molar-refractivity contribution >= 4 is 5.97 Å². The number of imidazole rings is 1. The number of aromatic nitrogens is 2. The van der Waals surface area contributed by atoms with Gasteiger partial charge in [-0.3, -0.25) is 4.79 Å². The first-order valence-corrected chi connectivity index (χ1v) is 4.56. The molecule has 0 radical (unpaired) electrons. The number of aliphatic carboxylic acids is 1. The van der Waals surface area contributed by atoms with Gasteiger partial charge in [-0.15, -0.1) is 0 Å². The number of carbonyl (C=O) groups is 1. The number of rotatable bonds is 5. The lowest BCUT2D eigenvalue weighted by Crippen LogP contribution is -2.38. The van der Waals surface area contributed by atoms with Gasteiger partial charge in [-0.05, 0) is 6.54 Å². The van der Waals surface area contributed by atoms with E-state index in [1.165, 1.54) is 0 Å². The van der Waals surface area contributed by atoms with Gasteiger partial charge in [0.2, 0.25) is 0 Å². The van der Waals surface area contributed by atoms with Crippen molar-refractivity contribution in [1.82, 2.24) is 14.9 Å². The Morgan fingerprint density at radius 2 is 2.50 bits per heavy atom. The highest BCUT2D eigenvalue weighted by atomic mass is 16.4. The number of hydrogen-bond donors (Lipinski definition) is 2. The van der Waals surface area contributed by atoms with Crippen molar-refractivity contribution in [2.24, 2.45) is 7.05 Å². The topological polar surface area (TPSA) is 67.2 Å². The van der Waals surface area contributed by atoms with Gasteiger partial charge in [-0.2, -0.15) is 0 Å². The molecular formula is C9H15N3O2. The summed E-state index contributed by atoms with van der Waals surface area (Å²) in [6.45, 7) is 2.53. The molecule has 1 heterocycles. The molecule has 1 aromatic rings. The molecule has 1 atom stereocenters. The van der Waals surface area contributed by atoms with E-state index >= 15 is 0 Å². The maximum atomic E-state index is 10.8. The van der Waals surface area contributed by atoms with Gasteiger partial charge in [0, 0.05) is 19.7 Å². The lowest BCUT2D eigenvalue weighted by atomic mass is 10.1.